The third-order valence-electron chi connectivity index (χ3n) is 19.9. The highest BCUT2D eigenvalue weighted by Gasteiger charge is 2.60. The average Bonchev–Trinajstić information content (AvgIpc) is 0.766. The Morgan fingerprint density at radius 3 is 0.439 bits per heavy atom. The van der Waals surface area contributed by atoms with E-state index in [9.17, 15) is 90.0 Å². The highest BCUT2D eigenvalue weighted by Crippen LogP contribution is 2.40. The number of carbonyl (C=O) groups is 6. The zero-order chi connectivity index (χ0) is 80.4. The van der Waals surface area contributed by atoms with Crippen LogP contribution in [0.4, 0.5) is 0 Å². The van der Waals surface area contributed by atoms with Crippen molar-refractivity contribution in [3.05, 3.63) is 215 Å². The van der Waals surface area contributed by atoms with Gasteiger partial charge in [-0.2, -0.15) is 0 Å². The first-order valence-corrected chi connectivity index (χ1v) is 36.4. The second-order valence-corrected chi connectivity index (χ2v) is 27.5. The standard InChI is InChI=1S/C78H84O36/c79-49-55(85)73-103-43(31-97-67(91)37-19-7-1-8-20-37)61(49)109-74-56(86)50(80)63(45(104-74)33-99-69(93)39-23-11-3-12-24-39)111-76-58(88)52(82)65(47(106-76)35-101-71(95)41-27-15-5-16-28-41)113-78-60(90)54(84)66(48(108-78)36-102-72(96)42-29-17-6-18-30-42)114-77-59(89)53(83)64(46(107-77)34-100-70(94)40-25-13-4-14-26-40)112-75-57(87)51(81)62(110-73)44(105-75)32-98-68(92)38-21-9-2-10-22-38/h1-30,43-66,73-90H,31-36H2/t43-,44-,45-,46-,47-,48-,49-,50-,51-,52-,53-,54-,55-,56-,57-,58-,59-,60-,61-,62-,63-,64-,65-,66-,73-,74-,75-,76-,77-,78-/m1/s1. The summed E-state index contributed by atoms with van der Waals surface area (Å²) >= 11 is 0. The number of hydrogen-bond donors (Lipinski definition) is 12. The van der Waals surface area contributed by atoms with Gasteiger partial charge in [-0.15, -0.1) is 0 Å². The highest BCUT2D eigenvalue weighted by molar-refractivity contribution is 5.91. The number of rotatable bonds is 18. The summed E-state index contributed by atoms with van der Waals surface area (Å²) in [6.45, 7) is -5.63. The van der Waals surface area contributed by atoms with Gasteiger partial charge < -0.3 is 147 Å². The molecule has 0 spiro atoms. The van der Waals surface area contributed by atoms with Crippen molar-refractivity contribution in [2.45, 2.75) is 184 Å². The van der Waals surface area contributed by atoms with Crippen LogP contribution in [0.3, 0.4) is 0 Å². The molecule has 36 nitrogen and oxygen atoms in total. The van der Waals surface area contributed by atoms with Crippen molar-refractivity contribution in [3.8, 4) is 0 Å². The van der Waals surface area contributed by atoms with Gasteiger partial charge in [-0.1, -0.05) is 109 Å². The van der Waals surface area contributed by atoms with Crippen molar-refractivity contribution >= 4 is 35.8 Å². The van der Waals surface area contributed by atoms with Crippen LogP contribution < -0.4 is 0 Å². The molecule has 0 saturated carbocycles. The minimum absolute atomic E-state index is 0.00657. The molecule has 612 valence electrons. The monoisotopic (exact) mass is 1600 g/mol. The lowest BCUT2D eigenvalue weighted by Gasteiger charge is -2.51. The summed E-state index contributed by atoms with van der Waals surface area (Å²) < 4.78 is 109. The first-order valence-electron chi connectivity index (χ1n) is 36.4. The van der Waals surface area contributed by atoms with E-state index in [1.165, 1.54) is 146 Å². The fourth-order valence-corrected chi connectivity index (χ4v) is 13.7. The SMILES string of the molecule is O=C(OC[C@H]1O[C@@H]2O[C@H]3[C@H](O)[C@@H](O)[C@@H](O[C@H]4[C@H](O)[C@@H](O)[C@@H](O[C@H]5[C@H](O)[C@@H](O)[C@@H](O[C@H]6[C@H](O)[C@@H](O)[C@@H](O[C@H]7[C@H](O)[C@@H](O)[C@@H](O[C@H]1[C@H](O)[C@H]2O)O[C@@H]7COC(=O)c1ccccc1)O[C@@H]6COC(=O)c1ccccc1)O[C@@H]5COC(=O)c1ccccc1)O[C@@H]4COC(=O)c1ccccc1)O[C@@H]3COC(=O)c1ccccc1)c1ccccc1. The molecule has 6 aromatic rings. The van der Waals surface area contributed by atoms with Gasteiger partial charge in [0.2, 0.25) is 0 Å². The van der Waals surface area contributed by atoms with Crippen LogP contribution in [-0.4, -0.2) is 321 Å². The Kier molecular flexibility index (Phi) is 27.6. The number of carbonyl (C=O) groups excluding carboxylic acids is 6. The molecule has 0 radical (unpaired) electrons. The largest absolute Gasteiger partial charge is 0.459 e. The third-order valence-corrected chi connectivity index (χ3v) is 19.9. The topological polar surface area (TPSA) is 511 Å². The second-order valence-electron chi connectivity index (χ2n) is 27.5. The zero-order valence-corrected chi connectivity index (χ0v) is 60.0. The Hall–Kier alpha value is -8.82. The lowest BCUT2D eigenvalue weighted by Crippen LogP contribution is -2.69. The van der Waals surface area contributed by atoms with Gasteiger partial charge in [0, 0.05) is 0 Å². The Morgan fingerprint density at radius 1 is 0.193 bits per heavy atom. The van der Waals surface area contributed by atoms with Gasteiger partial charge in [0.25, 0.3) is 0 Å². The molecule has 22 aliphatic heterocycles. The first-order chi connectivity index (χ1) is 55.0. The fraction of sp³-hybridized carbons (Fsp3) is 0.462. The molecule has 22 saturated heterocycles. The third kappa shape index (κ3) is 19.2. The molecular weight excluding hydrogens is 1510 g/mol. The van der Waals surface area contributed by atoms with Gasteiger partial charge in [-0.25, -0.2) is 28.8 Å². The minimum atomic E-state index is -2.38. The van der Waals surface area contributed by atoms with Gasteiger partial charge in [0.05, 0.1) is 33.4 Å². The second kappa shape index (κ2) is 37.9. The molecule has 6 aromatic carbocycles. The first kappa shape index (κ1) is 83.1. The molecule has 0 amide bonds. The van der Waals surface area contributed by atoms with E-state index in [-0.39, 0.29) is 33.4 Å². The van der Waals surface area contributed by atoms with Gasteiger partial charge >= 0.3 is 35.8 Å². The normalized spacial score (nSPS) is 36.4. The molecule has 22 heterocycles. The van der Waals surface area contributed by atoms with Crippen LogP contribution in [0.1, 0.15) is 62.1 Å². The number of hydrogen-bond acceptors (Lipinski definition) is 36. The number of ether oxygens (including phenoxy) is 18. The molecule has 0 aliphatic carbocycles. The van der Waals surface area contributed by atoms with Crippen molar-refractivity contribution in [2.24, 2.45) is 0 Å². The lowest BCUT2D eigenvalue weighted by atomic mass is 9.94. The van der Waals surface area contributed by atoms with Crippen LogP contribution >= 0.6 is 0 Å². The summed E-state index contributed by atoms with van der Waals surface area (Å²) in [6, 6.07) is 44.4. The van der Waals surface area contributed by atoms with Crippen molar-refractivity contribution < 1.29 is 175 Å². The maximum Gasteiger partial charge on any atom is 0.338 e. The van der Waals surface area contributed by atoms with Crippen molar-refractivity contribution in [2.75, 3.05) is 39.6 Å². The van der Waals surface area contributed by atoms with Crippen LogP contribution in [0.15, 0.2) is 182 Å². The Labute approximate surface area is 648 Å². The Balaban J connectivity index is 0.886. The quantitative estimate of drug-likeness (QED) is 0.0331. The molecule has 36 heteroatoms. The van der Waals surface area contributed by atoms with Gasteiger partial charge in [0.15, 0.2) is 37.7 Å². The average molecular weight is 1600 g/mol. The van der Waals surface area contributed by atoms with Crippen molar-refractivity contribution in [1.82, 2.24) is 0 Å². The van der Waals surface area contributed by atoms with Crippen molar-refractivity contribution in [3.63, 3.8) is 0 Å². The smallest absolute Gasteiger partial charge is 0.338 e. The van der Waals surface area contributed by atoms with Crippen LogP contribution in [0, 0.1) is 0 Å². The van der Waals surface area contributed by atoms with E-state index in [1.807, 2.05) is 0 Å². The summed E-state index contributed by atoms with van der Waals surface area (Å²) in [7, 11) is 0. The van der Waals surface area contributed by atoms with E-state index in [0.29, 0.717) is 0 Å². The predicted molar refractivity (Wildman–Crippen MR) is 374 cm³/mol. The summed E-state index contributed by atoms with van der Waals surface area (Å²) in [4.78, 5) is 82.3. The molecule has 0 aromatic heterocycles. The highest BCUT2D eigenvalue weighted by atomic mass is 16.8. The molecule has 12 bridgehead atoms. The van der Waals surface area contributed by atoms with Gasteiger partial charge in [-0.05, 0) is 72.8 Å². The molecular formula is C78H84O36. The van der Waals surface area contributed by atoms with Crippen LogP contribution in [0.2, 0.25) is 0 Å². The molecule has 114 heavy (non-hydrogen) atoms. The number of aliphatic hydroxyl groups is 12. The van der Waals surface area contributed by atoms with Crippen LogP contribution in [-0.2, 0) is 85.3 Å². The maximum absolute atomic E-state index is 13.7. The van der Waals surface area contributed by atoms with E-state index in [1.54, 1.807) is 36.4 Å². The van der Waals surface area contributed by atoms with E-state index in [0.717, 1.165) is 0 Å². The van der Waals surface area contributed by atoms with E-state index in [2.05, 4.69) is 0 Å². The zero-order valence-electron chi connectivity index (χ0n) is 60.0. The predicted octanol–water partition coefficient (Wildman–Crippen LogP) is -1.87. The van der Waals surface area contributed by atoms with Crippen molar-refractivity contribution in [1.29, 1.82) is 0 Å². The Morgan fingerprint density at radius 2 is 0.316 bits per heavy atom. The van der Waals surface area contributed by atoms with E-state index >= 15 is 0 Å². The summed E-state index contributed by atoms with van der Waals surface area (Å²) in [5.41, 5.74) is -0.0394. The molecule has 22 aliphatic rings. The van der Waals surface area contributed by atoms with Gasteiger partial charge in [-0.3, -0.25) is 0 Å². The van der Waals surface area contributed by atoms with Crippen LogP contribution in [0.5, 0.6) is 0 Å². The molecule has 12 N–H and O–H groups in total. The number of benzene rings is 6. The number of esters is 6. The minimum Gasteiger partial charge on any atom is -0.459 e. The Bertz CT molecular complexity index is 3450. The molecule has 0 unspecified atom stereocenters. The number of aliphatic hydroxyl groups excluding tert-OH is 12. The van der Waals surface area contributed by atoms with Crippen LogP contribution in [0.25, 0.3) is 0 Å². The summed E-state index contributed by atoms with van der Waals surface area (Å²) in [5.74, 6) is -5.96. The van der Waals surface area contributed by atoms with E-state index < -0.39 is 260 Å². The van der Waals surface area contributed by atoms with Gasteiger partial charge in [0.1, 0.15) is 186 Å². The lowest BCUT2D eigenvalue weighted by molar-refractivity contribution is -0.403. The fourth-order valence-electron chi connectivity index (χ4n) is 13.7. The molecule has 22 fully saturated rings. The molecule has 28 rings (SSSR count). The summed E-state index contributed by atoms with van der Waals surface area (Å²) in [6.07, 6.45) is -65.7. The van der Waals surface area contributed by atoms with E-state index in [4.69, 9.17) is 85.3 Å². The maximum atomic E-state index is 13.7. The molecule has 30 atom stereocenters. The summed E-state index contributed by atoms with van der Waals surface area (Å²) in [5, 5.41) is 148.